The fourth-order valence-electron chi connectivity index (χ4n) is 2.92. The summed E-state index contributed by atoms with van der Waals surface area (Å²) >= 11 is 0. The summed E-state index contributed by atoms with van der Waals surface area (Å²) in [6, 6.07) is 16.8. The first-order valence-corrected chi connectivity index (χ1v) is 8.63. The Bertz CT molecular complexity index is 667. The lowest BCUT2D eigenvalue weighted by Gasteiger charge is -2.16. The molecular weight excluding hydrogens is 316 g/mol. The Hall–Kier alpha value is -2.37. The number of hydrogen-bond donors (Lipinski definition) is 2. The van der Waals surface area contributed by atoms with Crippen molar-refractivity contribution in [2.75, 3.05) is 13.2 Å². The highest BCUT2D eigenvalue weighted by atomic mass is 16.5. The SMILES string of the molecule is NC(=O)C(NCc1ccc(OCC2CCCO2)cc1)c1ccccc1. The Kier molecular flexibility index (Phi) is 6.04. The summed E-state index contributed by atoms with van der Waals surface area (Å²) in [5.41, 5.74) is 7.45. The van der Waals surface area contributed by atoms with Crippen LogP contribution in [0.5, 0.6) is 5.75 Å². The first-order chi connectivity index (χ1) is 12.2. The topological polar surface area (TPSA) is 73.6 Å². The van der Waals surface area contributed by atoms with E-state index < -0.39 is 6.04 Å². The van der Waals surface area contributed by atoms with Crippen molar-refractivity contribution in [3.63, 3.8) is 0 Å². The molecular formula is C20H24N2O3. The van der Waals surface area contributed by atoms with Gasteiger partial charge in [-0.3, -0.25) is 10.1 Å². The van der Waals surface area contributed by atoms with E-state index in [4.69, 9.17) is 15.2 Å². The number of amides is 1. The van der Waals surface area contributed by atoms with Crippen molar-refractivity contribution in [3.05, 3.63) is 65.7 Å². The lowest BCUT2D eigenvalue weighted by molar-refractivity contribution is -0.120. The quantitative estimate of drug-likeness (QED) is 0.774. The maximum Gasteiger partial charge on any atom is 0.239 e. The van der Waals surface area contributed by atoms with Crippen LogP contribution >= 0.6 is 0 Å². The van der Waals surface area contributed by atoms with E-state index in [1.54, 1.807) is 0 Å². The number of nitrogens with one attached hydrogen (secondary N) is 1. The Morgan fingerprint density at radius 3 is 2.60 bits per heavy atom. The van der Waals surface area contributed by atoms with Crippen LogP contribution in [0.15, 0.2) is 54.6 Å². The minimum absolute atomic E-state index is 0.212. The van der Waals surface area contributed by atoms with Crippen molar-refractivity contribution in [1.29, 1.82) is 0 Å². The van der Waals surface area contributed by atoms with Gasteiger partial charge >= 0.3 is 0 Å². The fourth-order valence-corrected chi connectivity index (χ4v) is 2.92. The Morgan fingerprint density at radius 1 is 1.20 bits per heavy atom. The van der Waals surface area contributed by atoms with Gasteiger partial charge < -0.3 is 15.2 Å². The summed E-state index contributed by atoms with van der Waals surface area (Å²) in [7, 11) is 0. The van der Waals surface area contributed by atoms with Gasteiger partial charge in [0.15, 0.2) is 0 Å². The highest BCUT2D eigenvalue weighted by Crippen LogP contribution is 2.18. The number of nitrogens with two attached hydrogens (primary N) is 1. The van der Waals surface area contributed by atoms with Gasteiger partial charge in [0.2, 0.25) is 5.91 Å². The van der Waals surface area contributed by atoms with Crippen LogP contribution in [0.2, 0.25) is 0 Å². The maximum atomic E-state index is 11.7. The molecule has 2 atom stereocenters. The summed E-state index contributed by atoms with van der Waals surface area (Å²) in [6.07, 6.45) is 2.39. The van der Waals surface area contributed by atoms with Crippen LogP contribution < -0.4 is 15.8 Å². The molecule has 1 fully saturated rings. The molecule has 2 aromatic carbocycles. The van der Waals surface area contributed by atoms with Crippen LogP contribution in [0, 0.1) is 0 Å². The third kappa shape index (κ3) is 5.05. The molecule has 0 spiro atoms. The third-order valence-corrected chi connectivity index (χ3v) is 4.31. The Morgan fingerprint density at radius 2 is 1.96 bits per heavy atom. The molecule has 0 aromatic heterocycles. The maximum absolute atomic E-state index is 11.7. The number of rotatable bonds is 8. The van der Waals surface area contributed by atoms with Crippen molar-refractivity contribution < 1.29 is 14.3 Å². The summed E-state index contributed by atoms with van der Waals surface area (Å²) in [5.74, 6) is 0.441. The zero-order valence-corrected chi connectivity index (χ0v) is 14.2. The molecule has 1 aliphatic rings. The van der Waals surface area contributed by atoms with E-state index in [0.717, 1.165) is 36.3 Å². The number of carbonyl (C=O) groups is 1. The molecule has 5 heteroatoms. The minimum Gasteiger partial charge on any atom is -0.491 e. The molecule has 132 valence electrons. The second-order valence-corrected chi connectivity index (χ2v) is 6.22. The average molecular weight is 340 g/mol. The van der Waals surface area contributed by atoms with Crippen LogP contribution in [0.1, 0.15) is 30.0 Å². The zero-order valence-electron chi connectivity index (χ0n) is 14.2. The predicted octanol–water partition coefficient (Wildman–Crippen LogP) is 2.56. The standard InChI is InChI=1S/C20H24N2O3/c21-20(23)19(16-5-2-1-3-6-16)22-13-15-8-10-17(11-9-15)25-14-18-7-4-12-24-18/h1-3,5-6,8-11,18-19,22H,4,7,12-14H2,(H2,21,23). The lowest BCUT2D eigenvalue weighted by Crippen LogP contribution is -2.33. The fraction of sp³-hybridized carbons (Fsp3) is 0.350. The smallest absolute Gasteiger partial charge is 0.239 e. The van der Waals surface area contributed by atoms with Crippen molar-refractivity contribution in [3.8, 4) is 5.75 Å². The first kappa shape index (κ1) is 17.5. The van der Waals surface area contributed by atoms with Gasteiger partial charge in [-0.15, -0.1) is 0 Å². The molecule has 0 saturated carbocycles. The Balaban J connectivity index is 1.52. The molecule has 1 heterocycles. The molecule has 0 radical (unpaired) electrons. The number of benzene rings is 2. The molecule has 2 unspecified atom stereocenters. The van der Waals surface area contributed by atoms with Crippen LogP contribution in [0.4, 0.5) is 0 Å². The van der Waals surface area contributed by atoms with Crippen molar-refractivity contribution in [1.82, 2.24) is 5.32 Å². The summed E-state index contributed by atoms with van der Waals surface area (Å²) in [6.45, 7) is 1.98. The van der Waals surface area contributed by atoms with E-state index in [1.165, 1.54) is 0 Å². The molecule has 1 saturated heterocycles. The van der Waals surface area contributed by atoms with Crippen molar-refractivity contribution in [2.24, 2.45) is 5.73 Å². The van der Waals surface area contributed by atoms with Gasteiger partial charge in [-0.1, -0.05) is 42.5 Å². The van der Waals surface area contributed by atoms with Crippen LogP contribution in [0.25, 0.3) is 0 Å². The molecule has 0 bridgehead atoms. The van der Waals surface area contributed by atoms with E-state index in [1.807, 2.05) is 54.6 Å². The van der Waals surface area contributed by atoms with Crippen LogP contribution in [0.3, 0.4) is 0 Å². The summed E-state index contributed by atoms with van der Waals surface area (Å²) in [5, 5.41) is 3.21. The van der Waals surface area contributed by atoms with Gasteiger partial charge in [-0.2, -0.15) is 0 Å². The molecule has 0 aliphatic carbocycles. The highest BCUT2D eigenvalue weighted by Gasteiger charge is 2.17. The number of primary amides is 1. The van der Waals surface area contributed by atoms with Gasteiger partial charge in [0.1, 0.15) is 18.4 Å². The predicted molar refractivity (Wildman–Crippen MR) is 96.1 cm³/mol. The van der Waals surface area contributed by atoms with E-state index in [2.05, 4.69) is 5.32 Å². The molecule has 1 amide bonds. The lowest BCUT2D eigenvalue weighted by atomic mass is 10.1. The molecule has 3 N–H and O–H groups in total. The van der Waals surface area contributed by atoms with Gasteiger partial charge in [-0.25, -0.2) is 0 Å². The largest absolute Gasteiger partial charge is 0.491 e. The van der Waals surface area contributed by atoms with E-state index in [-0.39, 0.29) is 12.0 Å². The molecule has 25 heavy (non-hydrogen) atoms. The second-order valence-electron chi connectivity index (χ2n) is 6.22. The van der Waals surface area contributed by atoms with E-state index in [9.17, 15) is 4.79 Å². The number of ether oxygens (including phenoxy) is 2. The number of hydrogen-bond acceptors (Lipinski definition) is 4. The molecule has 3 rings (SSSR count). The Labute approximate surface area is 148 Å². The third-order valence-electron chi connectivity index (χ3n) is 4.31. The minimum atomic E-state index is -0.503. The monoisotopic (exact) mass is 340 g/mol. The van der Waals surface area contributed by atoms with Gasteiger partial charge in [-0.05, 0) is 36.1 Å². The number of carbonyl (C=O) groups excluding carboxylic acids is 1. The second kappa shape index (κ2) is 8.65. The van der Waals surface area contributed by atoms with E-state index >= 15 is 0 Å². The summed E-state index contributed by atoms with van der Waals surface area (Å²) < 4.78 is 11.3. The average Bonchev–Trinajstić information content (AvgIpc) is 3.15. The van der Waals surface area contributed by atoms with Crippen molar-refractivity contribution in [2.45, 2.75) is 31.5 Å². The van der Waals surface area contributed by atoms with E-state index in [0.29, 0.717) is 13.2 Å². The van der Waals surface area contributed by atoms with Gasteiger partial charge in [0.05, 0.1) is 6.10 Å². The summed E-state index contributed by atoms with van der Waals surface area (Å²) in [4.78, 5) is 11.7. The zero-order chi connectivity index (χ0) is 17.5. The van der Waals surface area contributed by atoms with Gasteiger partial charge in [0, 0.05) is 13.2 Å². The van der Waals surface area contributed by atoms with Crippen molar-refractivity contribution >= 4 is 5.91 Å². The normalized spacial score (nSPS) is 18.0. The molecule has 2 aromatic rings. The van der Waals surface area contributed by atoms with Crippen LogP contribution in [-0.4, -0.2) is 25.2 Å². The highest BCUT2D eigenvalue weighted by molar-refractivity contribution is 5.81. The van der Waals surface area contributed by atoms with Crippen LogP contribution in [-0.2, 0) is 16.1 Å². The van der Waals surface area contributed by atoms with Gasteiger partial charge in [0.25, 0.3) is 0 Å². The first-order valence-electron chi connectivity index (χ1n) is 8.63. The molecule has 1 aliphatic heterocycles. The molecule has 5 nitrogen and oxygen atoms in total.